The van der Waals surface area contributed by atoms with Gasteiger partial charge in [-0.1, -0.05) is 0 Å². The molecule has 0 bridgehead atoms. The maximum absolute atomic E-state index is 12.7. The molecule has 8 nitrogen and oxygen atoms in total. The van der Waals surface area contributed by atoms with Crippen LogP contribution in [0, 0.1) is 0 Å². The Labute approximate surface area is 180 Å². The highest BCUT2D eigenvalue weighted by molar-refractivity contribution is 6.10. The van der Waals surface area contributed by atoms with Gasteiger partial charge in [0.15, 0.2) is 5.78 Å². The number of ketones is 1. The molecule has 1 unspecified atom stereocenters. The van der Waals surface area contributed by atoms with Crippen molar-refractivity contribution in [3.8, 4) is 0 Å². The fraction of sp³-hybridized carbons (Fsp3) is 0.304. The van der Waals surface area contributed by atoms with Gasteiger partial charge in [0.2, 0.25) is 5.91 Å². The molecule has 0 spiro atoms. The first-order chi connectivity index (χ1) is 15.1. The molecule has 2 N–H and O–H groups in total. The van der Waals surface area contributed by atoms with E-state index in [4.69, 9.17) is 0 Å². The van der Waals surface area contributed by atoms with Crippen molar-refractivity contribution < 1.29 is 9.59 Å². The number of anilines is 2. The molecule has 31 heavy (non-hydrogen) atoms. The van der Waals surface area contributed by atoms with Crippen LogP contribution >= 0.6 is 0 Å². The SMILES string of the molecule is CC(=O)NC1CCN(c2ccc3c(c2)NC(=CC(=O)c2cccnc2)N2CCN=C32)C1. The number of pyridine rings is 1. The summed E-state index contributed by atoms with van der Waals surface area (Å²) in [6, 6.07) is 9.98. The van der Waals surface area contributed by atoms with E-state index in [1.54, 1.807) is 37.5 Å². The van der Waals surface area contributed by atoms with E-state index in [0.717, 1.165) is 54.6 Å². The third kappa shape index (κ3) is 3.76. The van der Waals surface area contributed by atoms with Crippen molar-refractivity contribution in [1.29, 1.82) is 0 Å². The first-order valence-electron chi connectivity index (χ1n) is 10.5. The number of aliphatic imine (C=N–C) groups is 1. The van der Waals surface area contributed by atoms with Gasteiger partial charge in [0.05, 0.1) is 12.2 Å². The van der Waals surface area contributed by atoms with Gasteiger partial charge >= 0.3 is 0 Å². The van der Waals surface area contributed by atoms with Crippen molar-refractivity contribution in [2.24, 2.45) is 4.99 Å². The zero-order chi connectivity index (χ0) is 21.4. The van der Waals surface area contributed by atoms with E-state index in [1.165, 1.54) is 0 Å². The molecule has 0 radical (unpaired) electrons. The molecule has 4 heterocycles. The van der Waals surface area contributed by atoms with Gasteiger partial charge in [-0.3, -0.25) is 19.6 Å². The highest BCUT2D eigenvalue weighted by atomic mass is 16.1. The van der Waals surface area contributed by atoms with Crippen LogP contribution < -0.4 is 15.5 Å². The van der Waals surface area contributed by atoms with Crippen LogP contribution in [0.5, 0.6) is 0 Å². The normalized spacial score (nSPS) is 20.7. The van der Waals surface area contributed by atoms with Crippen LogP contribution in [0.15, 0.2) is 59.6 Å². The van der Waals surface area contributed by atoms with Crippen LogP contribution in [-0.4, -0.2) is 59.6 Å². The van der Waals surface area contributed by atoms with E-state index < -0.39 is 0 Å². The van der Waals surface area contributed by atoms with Gasteiger partial charge in [-0.15, -0.1) is 0 Å². The van der Waals surface area contributed by atoms with Crippen LogP contribution in [0.3, 0.4) is 0 Å². The summed E-state index contributed by atoms with van der Waals surface area (Å²) >= 11 is 0. The second-order valence-corrected chi connectivity index (χ2v) is 7.98. The van der Waals surface area contributed by atoms with Gasteiger partial charge in [0.1, 0.15) is 11.7 Å². The smallest absolute Gasteiger partial charge is 0.217 e. The van der Waals surface area contributed by atoms with Gasteiger partial charge < -0.3 is 20.4 Å². The van der Waals surface area contributed by atoms with E-state index in [1.807, 2.05) is 0 Å². The lowest BCUT2D eigenvalue weighted by Crippen LogP contribution is -2.37. The highest BCUT2D eigenvalue weighted by Crippen LogP contribution is 2.34. The molecule has 1 amide bonds. The Balaban J connectivity index is 1.42. The number of aromatic nitrogens is 1. The minimum atomic E-state index is -0.0980. The van der Waals surface area contributed by atoms with Gasteiger partial charge in [-0.05, 0) is 36.8 Å². The van der Waals surface area contributed by atoms with Gasteiger partial charge in [0.25, 0.3) is 0 Å². The lowest BCUT2D eigenvalue weighted by molar-refractivity contribution is -0.119. The number of amides is 1. The Kier molecular flexibility index (Phi) is 4.89. The third-order valence-electron chi connectivity index (χ3n) is 5.81. The number of carbonyl (C=O) groups excluding carboxylic acids is 2. The molecule has 5 rings (SSSR count). The molecule has 0 aliphatic carbocycles. The molecular formula is C23H24N6O2. The second-order valence-electron chi connectivity index (χ2n) is 7.98. The molecule has 3 aliphatic rings. The Morgan fingerprint density at radius 2 is 2.16 bits per heavy atom. The number of allylic oxidation sites excluding steroid dienone is 1. The van der Waals surface area contributed by atoms with Crippen LogP contribution in [0.4, 0.5) is 11.4 Å². The number of nitrogens with one attached hydrogen (secondary N) is 2. The lowest BCUT2D eigenvalue weighted by Gasteiger charge is -2.32. The van der Waals surface area contributed by atoms with E-state index >= 15 is 0 Å². The fourth-order valence-electron chi connectivity index (χ4n) is 4.38. The fourth-order valence-corrected chi connectivity index (χ4v) is 4.38. The predicted octanol–water partition coefficient (Wildman–Crippen LogP) is 2.01. The monoisotopic (exact) mass is 416 g/mol. The second kappa shape index (κ2) is 7.86. The topological polar surface area (TPSA) is 89.9 Å². The summed E-state index contributed by atoms with van der Waals surface area (Å²) in [5.74, 6) is 1.53. The Morgan fingerprint density at radius 3 is 2.97 bits per heavy atom. The van der Waals surface area contributed by atoms with Crippen LogP contribution in [0.1, 0.15) is 29.3 Å². The maximum atomic E-state index is 12.7. The maximum Gasteiger partial charge on any atom is 0.217 e. The summed E-state index contributed by atoms with van der Waals surface area (Å²) in [5, 5.41) is 6.45. The average Bonchev–Trinajstić information content (AvgIpc) is 3.44. The van der Waals surface area contributed by atoms with Crippen molar-refractivity contribution >= 4 is 28.9 Å². The molecule has 2 aromatic rings. The molecule has 1 saturated heterocycles. The molecule has 1 atom stereocenters. The summed E-state index contributed by atoms with van der Waals surface area (Å²) in [6.07, 6.45) is 5.78. The van der Waals surface area contributed by atoms with Crippen molar-refractivity contribution in [3.63, 3.8) is 0 Å². The van der Waals surface area contributed by atoms with E-state index in [0.29, 0.717) is 12.1 Å². The van der Waals surface area contributed by atoms with Crippen molar-refractivity contribution in [1.82, 2.24) is 15.2 Å². The van der Waals surface area contributed by atoms with Crippen LogP contribution in [0.2, 0.25) is 0 Å². The number of nitrogens with zero attached hydrogens (tertiary/aromatic N) is 4. The van der Waals surface area contributed by atoms with Gasteiger partial charge in [-0.25, -0.2) is 0 Å². The van der Waals surface area contributed by atoms with Crippen LogP contribution in [0.25, 0.3) is 0 Å². The molecule has 0 saturated carbocycles. The van der Waals surface area contributed by atoms with Crippen molar-refractivity contribution in [3.05, 3.63) is 65.7 Å². The van der Waals surface area contributed by atoms with Crippen molar-refractivity contribution in [2.45, 2.75) is 19.4 Å². The summed E-state index contributed by atoms with van der Waals surface area (Å²) < 4.78 is 0. The average molecular weight is 416 g/mol. The molecule has 1 fully saturated rings. The molecule has 3 aliphatic heterocycles. The first-order valence-corrected chi connectivity index (χ1v) is 10.5. The summed E-state index contributed by atoms with van der Waals surface area (Å²) in [7, 11) is 0. The first kappa shape index (κ1) is 19.3. The Bertz CT molecular complexity index is 1090. The number of benzene rings is 1. The number of carbonyl (C=O) groups is 2. The number of hydrogen-bond acceptors (Lipinski definition) is 7. The Hall–Kier alpha value is -3.68. The Morgan fingerprint density at radius 1 is 1.26 bits per heavy atom. The molecule has 1 aromatic heterocycles. The third-order valence-corrected chi connectivity index (χ3v) is 5.81. The summed E-state index contributed by atoms with van der Waals surface area (Å²) in [6.45, 7) is 4.66. The van der Waals surface area contributed by atoms with Crippen molar-refractivity contribution in [2.75, 3.05) is 36.4 Å². The molecule has 158 valence electrons. The minimum absolute atomic E-state index is 0.00589. The van der Waals surface area contributed by atoms with E-state index in [-0.39, 0.29) is 17.7 Å². The van der Waals surface area contributed by atoms with Crippen LogP contribution in [-0.2, 0) is 4.79 Å². The van der Waals surface area contributed by atoms with E-state index in [2.05, 4.69) is 48.6 Å². The predicted molar refractivity (Wildman–Crippen MR) is 119 cm³/mol. The largest absolute Gasteiger partial charge is 0.369 e. The number of amidine groups is 1. The molecule has 8 heteroatoms. The number of fused-ring (bicyclic) bond motifs is 3. The van der Waals surface area contributed by atoms with Gasteiger partial charge in [0, 0.05) is 67.9 Å². The quantitative estimate of drug-likeness (QED) is 0.585. The summed E-state index contributed by atoms with van der Waals surface area (Å²) in [4.78, 5) is 37.2. The lowest BCUT2D eigenvalue weighted by atomic mass is 10.1. The standard InChI is InChI=1S/C23H24N6O2/c1-15(30)26-17-6-9-28(14-17)18-4-5-19-20(11-18)27-22(29-10-8-25-23(19)29)12-21(31)16-3-2-7-24-13-16/h2-5,7,11-13,17,27H,6,8-10,14H2,1H3,(H,26,30). The highest BCUT2D eigenvalue weighted by Gasteiger charge is 2.31. The number of hydrogen-bond donors (Lipinski definition) is 2. The van der Waals surface area contributed by atoms with E-state index in [9.17, 15) is 9.59 Å². The van der Waals surface area contributed by atoms with Gasteiger partial charge in [-0.2, -0.15) is 0 Å². The molecule has 1 aromatic carbocycles. The minimum Gasteiger partial charge on any atom is -0.369 e. The summed E-state index contributed by atoms with van der Waals surface area (Å²) in [5.41, 5.74) is 3.60. The zero-order valence-electron chi connectivity index (χ0n) is 17.3. The zero-order valence-corrected chi connectivity index (χ0v) is 17.3. The molecular weight excluding hydrogens is 392 g/mol. The number of rotatable bonds is 4.